The lowest BCUT2D eigenvalue weighted by molar-refractivity contribution is 0.570. The van der Waals surface area contributed by atoms with Crippen LogP contribution in [0.4, 0.5) is 0 Å². The largest absolute Gasteiger partial charge is 0.300 e. The maximum atomic E-state index is 12.8. The molecule has 0 bridgehead atoms. The SMILES string of the molecule is CCc1ccc(C(NC)S(=O)(=O)c2ccc(C)cc2)cc1. The molecule has 1 N–H and O–H groups in total. The van der Waals surface area contributed by atoms with Gasteiger partial charge in [-0.1, -0.05) is 48.9 Å². The molecule has 0 heterocycles. The Morgan fingerprint density at radius 2 is 1.57 bits per heavy atom. The molecule has 0 fully saturated rings. The van der Waals surface area contributed by atoms with E-state index in [9.17, 15) is 8.42 Å². The molecule has 0 amide bonds. The maximum Gasteiger partial charge on any atom is 0.198 e. The summed E-state index contributed by atoms with van der Waals surface area (Å²) in [5, 5.41) is 2.19. The molecule has 0 saturated carbocycles. The highest BCUT2D eigenvalue weighted by atomic mass is 32.2. The van der Waals surface area contributed by atoms with Crippen LogP contribution in [-0.4, -0.2) is 15.5 Å². The Morgan fingerprint density at radius 1 is 1.00 bits per heavy atom. The van der Waals surface area contributed by atoms with Crippen molar-refractivity contribution in [2.24, 2.45) is 0 Å². The van der Waals surface area contributed by atoms with Crippen molar-refractivity contribution >= 4 is 9.84 Å². The molecule has 1 atom stereocenters. The summed E-state index contributed by atoms with van der Waals surface area (Å²) in [6.45, 7) is 4.02. The summed E-state index contributed by atoms with van der Waals surface area (Å²) in [5.41, 5.74) is 3.00. The van der Waals surface area contributed by atoms with Crippen LogP contribution in [0.15, 0.2) is 53.4 Å². The van der Waals surface area contributed by atoms with Gasteiger partial charge < -0.3 is 5.32 Å². The van der Waals surface area contributed by atoms with Crippen LogP contribution in [0.2, 0.25) is 0 Å². The molecule has 2 aromatic carbocycles. The lowest BCUT2D eigenvalue weighted by Gasteiger charge is -2.18. The summed E-state index contributed by atoms with van der Waals surface area (Å²) in [7, 11) is -1.78. The zero-order valence-electron chi connectivity index (χ0n) is 12.6. The number of benzene rings is 2. The van der Waals surface area contributed by atoms with Crippen LogP contribution < -0.4 is 5.32 Å². The predicted molar refractivity (Wildman–Crippen MR) is 86.0 cm³/mol. The molecule has 0 aliphatic heterocycles. The van der Waals surface area contributed by atoms with E-state index in [0.29, 0.717) is 4.90 Å². The van der Waals surface area contributed by atoms with Crippen molar-refractivity contribution in [3.8, 4) is 0 Å². The van der Waals surface area contributed by atoms with Crippen LogP contribution in [0.5, 0.6) is 0 Å². The van der Waals surface area contributed by atoms with Crippen LogP contribution in [0.3, 0.4) is 0 Å². The zero-order chi connectivity index (χ0) is 15.5. The van der Waals surface area contributed by atoms with E-state index in [4.69, 9.17) is 0 Å². The van der Waals surface area contributed by atoms with Crippen molar-refractivity contribution in [3.63, 3.8) is 0 Å². The van der Waals surface area contributed by atoms with E-state index in [2.05, 4.69) is 12.2 Å². The van der Waals surface area contributed by atoms with E-state index in [1.54, 1.807) is 19.2 Å². The van der Waals surface area contributed by atoms with Gasteiger partial charge in [-0.15, -0.1) is 0 Å². The van der Waals surface area contributed by atoms with Crippen molar-refractivity contribution in [2.75, 3.05) is 7.05 Å². The van der Waals surface area contributed by atoms with Gasteiger partial charge >= 0.3 is 0 Å². The van der Waals surface area contributed by atoms with Gasteiger partial charge in [0.1, 0.15) is 5.37 Å². The third-order valence-electron chi connectivity index (χ3n) is 3.61. The minimum atomic E-state index is -3.45. The number of sulfone groups is 1. The van der Waals surface area contributed by atoms with Crippen molar-refractivity contribution in [1.82, 2.24) is 5.32 Å². The molecule has 21 heavy (non-hydrogen) atoms. The Bertz CT molecular complexity index is 689. The quantitative estimate of drug-likeness (QED) is 0.922. The van der Waals surface area contributed by atoms with Crippen molar-refractivity contribution in [1.29, 1.82) is 0 Å². The number of rotatable bonds is 5. The topological polar surface area (TPSA) is 46.2 Å². The predicted octanol–water partition coefficient (Wildman–Crippen LogP) is 3.25. The van der Waals surface area contributed by atoms with Gasteiger partial charge in [-0.05, 0) is 43.7 Å². The third kappa shape index (κ3) is 3.34. The number of nitrogens with one attached hydrogen (secondary N) is 1. The summed E-state index contributed by atoms with van der Waals surface area (Å²) >= 11 is 0. The van der Waals surface area contributed by atoms with Crippen LogP contribution >= 0.6 is 0 Å². The second kappa shape index (κ2) is 6.41. The van der Waals surface area contributed by atoms with Crippen molar-refractivity contribution in [2.45, 2.75) is 30.5 Å². The Balaban J connectivity index is 2.41. The van der Waals surface area contributed by atoms with E-state index in [-0.39, 0.29) is 0 Å². The van der Waals surface area contributed by atoms with E-state index >= 15 is 0 Å². The molecular weight excluding hydrogens is 282 g/mol. The van der Waals surface area contributed by atoms with Gasteiger partial charge in [0, 0.05) is 0 Å². The number of hydrogen-bond donors (Lipinski definition) is 1. The molecule has 112 valence electrons. The molecule has 0 saturated heterocycles. The first-order valence-corrected chi connectivity index (χ1v) is 8.60. The van der Waals surface area contributed by atoms with Crippen LogP contribution in [-0.2, 0) is 16.3 Å². The standard InChI is InChI=1S/C17H21NO2S/c1-4-14-7-9-15(10-8-14)17(18-3)21(19,20)16-11-5-13(2)6-12-16/h5-12,17-18H,4H2,1-3H3. The van der Waals surface area contributed by atoms with Crippen molar-refractivity contribution in [3.05, 3.63) is 65.2 Å². The first kappa shape index (κ1) is 15.7. The Kier molecular flexibility index (Phi) is 4.80. The Morgan fingerprint density at radius 3 is 2.05 bits per heavy atom. The molecule has 3 nitrogen and oxygen atoms in total. The smallest absolute Gasteiger partial charge is 0.198 e. The molecule has 0 spiro atoms. The zero-order valence-corrected chi connectivity index (χ0v) is 13.4. The second-order valence-corrected chi connectivity index (χ2v) is 7.15. The van der Waals surface area contributed by atoms with E-state index in [0.717, 1.165) is 17.5 Å². The summed E-state index contributed by atoms with van der Waals surface area (Å²) in [6, 6.07) is 14.7. The Hall–Kier alpha value is -1.65. The Labute approximate surface area is 126 Å². The van der Waals surface area contributed by atoms with E-state index in [1.807, 2.05) is 43.3 Å². The van der Waals surface area contributed by atoms with Gasteiger partial charge in [0.25, 0.3) is 0 Å². The highest BCUT2D eigenvalue weighted by Gasteiger charge is 2.27. The van der Waals surface area contributed by atoms with Gasteiger partial charge in [-0.25, -0.2) is 8.42 Å². The maximum absolute atomic E-state index is 12.8. The number of hydrogen-bond acceptors (Lipinski definition) is 3. The van der Waals surface area contributed by atoms with Crippen molar-refractivity contribution < 1.29 is 8.42 Å². The molecule has 0 aliphatic carbocycles. The molecule has 2 aromatic rings. The van der Waals surface area contributed by atoms with Crippen LogP contribution in [0, 0.1) is 6.92 Å². The minimum Gasteiger partial charge on any atom is -0.300 e. The lowest BCUT2D eigenvalue weighted by atomic mass is 10.1. The van der Waals surface area contributed by atoms with E-state index < -0.39 is 15.2 Å². The second-order valence-electron chi connectivity index (χ2n) is 5.12. The fourth-order valence-corrected chi connectivity index (χ4v) is 3.91. The van der Waals surface area contributed by atoms with Gasteiger partial charge in [-0.2, -0.15) is 0 Å². The highest BCUT2D eigenvalue weighted by Crippen LogP contribution is 2.27. The van der Waals surface area contributed by atoms with Crippen LogP contribution in [0.1, 0.15) is 29.0 Å². The first-order chi connectivity index (χ1) is 9.98. The molecule has 0 radical (unpaired) electrons. The van der Waals surface area contributed by atoms with Gasteiger partial charge in [0.05, 0.1) is 4.90 Å². The summed E-state index contributed by atoms with van der Waals surface area (Å²) in [5.74, 6) is 0. The van der Waals surface area contributed by atoms with Crippen LogP contribution in [0.25, 0.3) is 0 Å². The summed E-state index contributed by atoms with van der Waals surface area (Å²) < 4.78 is 25.5. The number of aryl methyl sites for hydroxylation is 2. The molecule has 4 heteroatoms. The van der Waals surface area contributed by atoms with Gasteiger partial charge in [0.2, 0.25) is 0 Å². The minimum absolute atomic E-state index is 0.340. The van der Waals surface area contributed by atoms with Gasteiger partial charge in [-0.3, -0.25) is 0 Å². The normalized spacial score (nSPS) is 13.1. The fourth-order valence-electron chi connectivity index (χ4n) is 2.29. The average molecular weight is 303 g/mol. The van der Waals surface area contributed by atoms with E-state index in [1.165, 1.54) is 5.56 Å². The molecule has 0 aliphatic rings. The fraction of sp³-hybridized carbons (Fsp3) is 0.294. The molecule has 0 aromatic heterocycles. The summed E-state index contributed by atoms with van der Waals surface area (Å²) in [6.07, 6.45) is 0.940. The monoisotopic (exact) mass is 303 g/mol. The summed E-state index contributed by atoms with van der Waals surface area (Å²) in [4.78, 5) is 0.340. The average Bonchev–Trinajstić information content (AvgIpc) is 2.49. The third-order valence-corrected chi connectivity index (χ3v) is 5.67. The molecule has 1 unspecified atom stereocenters. The molecule has 2 rings (SSSR count). The highest BCUT2D eigenvalue weighted by molar-refractivity contribution is 7.91. The van der Waals surface area contributed by atoms with Gasteiger partial charge in [0.15, 0.2) is 9.84 Å². The lowest BCUT2D eigenvalue weighted by Crippen LogP contribution is -2.25. The first-order valence-electron chi connectivity index (χ1n) is 7.05. The molecular formula is C17H21NO2S.